The summed E-state index contributed by atoms with van der Waals surface area (Å²) in [7, 11) is 0. The maximum atomic E-state index is 10.8. The molecule has 0 aromatic rings. The van der Waals surface area contributed by atoms with E-state index in [1.807, 2.05) is 0 Å². The van der Waals surface area contributed by atoms with Crippen molar-refractivity contribution in [1.29, 1.82) is 0 Å². The molecule has 0 N–H and O–H groups in total. The van der Waals surface area contributed by atoms with Crippen LogP contribution in [-0.4, -0.2) is 5.78 Å². The third-order valence-electron chi connectivity index (χ3n) is 4.85. The zero-order chi connectivity index (χ0) is 17.3. The van der Waals surface area contributed by atoms with Gasteiger partial charge in [0.05, 0.1) is 0 Å². The number of Topliss-reactive ketones (excluding diaryl/α,β-unsaturated/α-hetero) is 1. The predicted molar refractivity (Wildman–Crippen MR) is 104 cm³/mol. The highest BCUT2D eigenvalue weighted by Crippen LogP contribution is 2.19. The summed E-state index contributed by atoms with van der Waals surface area (Å²) >= 11 is 0. The zero-order valence-corrected chi connectivity index (χ0v) is 16.7. The minimum atomic E-state index is 0.347. The fraction of sp³-hybridized carbons (Fsp3) is 0.955. The van der Waals surface area contributed by atoms with Crippen molar-refractivity contribution in [3.63, 3.8) is 0 Å². The quantitative estimate of drug-likeness (QED) is 0.250. The Kier molecular flexibility index (Phi) is 16.3. The van der Waals surface area contributed by atoms with Crippen LogP contribution >= 0.6 is 0 Å². The van der Waals surface area contributed by atoms with Gasteiger partial charge in [0.1, 0.15) is 5.78 Å². The average molecular weight is 325 g/mol. The van der Waals surface area contributed by atoms with Gasteiger partial charge in [0.25, 0.3) is 0 Å². The second kappa shape index (κ2) is 16.5. The second-order valence-electron chi connectivity index (χ2n) is 8.22. The van der Waals surface area contributed by atoms with Gasteiger partial charge in [0.2, 0.25) is 0 Å². The molecule has 0 amide bonds. The Bertz CT molecular complexity index is 257. The van der Waals surface area contributed by atoms with Gasteiger partial charge in [-0.15, -0.1) is 0 Å². The maximum absolute atomic E-state index is 10.8. The van der Waals surface area contributed by atoms with E-state index in [1.54, 1.807) is 6.92 Å². The van der Waals surface area contributed by atoms with Gasteiger partial charge in [0.15, 0.2) is 0 Å². The first-order valence-electron chi connectivity index (χ1n) is 10.5. The molecule has 1 nitrogen and oxygen atoms in total. The van der Waals surface area contributed by atoms with Crippen LogP contribution in [0, 0.1) is 11.8 Å². The number of ketones is 1. The summed E-state index contributed by atoms with van der Waals surface area (Å²) < 4.78 is 0. The molecule has 0 saturated carbocycles. The SMILES string of the molecule is CC(=O)CCCCCCCCCCCCCCC(C)CC(C)C. The Morgan fingerprint density at radius 3 is 1.43 bits per heavy atom. The van der Waals surface area contributed by atoms with E-state index in [1.165, 1.54) is 83.5 Å². The second-order valence-corrected chi connectivity index (χ2v) is 8.22. The largest absolute Gasteiger partial charge is 0.300 e. The molecular formula is C22H44O. The molecule has 0 aromatic heterocycles. The van der Waals surface area contributed by atoms with E-state index in [4.69, 9.17) is 0 Å². The molecule has 0 rings (SSSR count). The molecule has 0 aliphatic carbocycles. The fourth-order valence-corrected chi connectivity index (χ4v) is 3.56. The molecule has 0 saturated heterocycles. The van der Waals surface area contributed by atoms with Crippen molar-refractivity contribution in [2.45, 2.75) is 124 Å². The Morgan fingerprint density at radius 1 is 0.652 bits per heavy atom. The molecule has 1 unspecified atom stereocenters. The van der Waals surface area contributed by atoms with E-state index >= 15 is 0 Å². The summed E-state index contributed by atoms with van der Waals surface area (Å²) in [4.78, 5) is 10.8. The summed E-state index contributed by atoms with van der Waals surface area (Å²) in [6.07, 6.45) is 20.1. The van der Waals surface area contributed by atoms with Gasteiger partial charge < -0.3 is 4.79 Å². The third kappa shape index (κ3) is 19.6. The van der Waals surface area contributed by atoms with Crippen molar-refractivity contribution in [1.82, 2.24) is 0 Å². The van der Waals surface area contributed by atoms with Crippen molar-refractivity contribution >= 4 is 5.78 Å². The van der Waals surface area contributed by atoms with Crippen molar-refractivity contribution in [2.24, 2.45) is 11.8 Å². The van der Waals surface area contributed by atoms with Crippen LogP contribution in [0.2, 0.25) is 0 Å². The minimum absolute atomic E-state index is 0.347. The lowest BCUT2D eigenvalue weighted by molar-refractivity contribution is -0.117. The Hall–Kier alpha value is -0.330. The molecule has 1 atom stereocenters. The number of carbonyl (C=O) groups excluding carboxylic acids is 1. The van der Waals surface area contributed by atoms with Gasteiger partial charge in [0, 0.05) is 6.42 Å². The highest BCUT2D eigenvalue weighted by molar-refractivity contribution is 5.75. The lowest BCUT2D eigenvalue weighted by Gasteiger charge is -2.13. The summed E-state index contributed by atoms with van der Waals surface area (Å²) in [5.74, 6) is 2.13. The number of hydrogen-bond acceptors (Lipinski definition) is 1. The van der Waals surface area contributed by atoms with Crippen LogP contribution < -0.4 is 0 Å². The monoisotopic (exact) mass is 324 g/mol. The molecule has 1 heteroatoms. The highest BCUT2D eigenvalue weighted by atomic mass is 16.1. The molecule has 0 aliphatic rings. The van der Waals surface area contributed by atoms with Crippen molar-refractivity contribution < 1.29 is 4.79 Å². The number of rotatable bonds is 17. The molecule has 0 spiro atoms. The number of carbonyl (C=O) groups is 1. The van der Waals surface area contributed by atoms with Crippen molar-refractivity contribution in [3.8, 4) is 0 Å². The topological polar surface area (TPSA) is 17.1 Å². The Morgan fingerprint density at radius 2 is 1.04 bits per heavy atom. The van der Waals surface area contributed by atoms with Crippen molar-refractivity contribution in [3.05, 3.63) is 0 Å². The first-order chi connectivity index (χ1) is 11.0. The lowest BCUT2D eigenvalue weighted by atomic mass is 9.93. The zero-order valence-electron chi connectivity index (χ0n) is 16.7. The van der Waals surface area contributed by atoms with E-state index < -0.39 is 0 Å². The molecule has 0 aliphatic heterocycles. The first-order valence-corrected chi connectivity index (χ1v) is 10.5. The molecule has 23 heavy (non-hydrogen) atoms. The van der Waals surface area contributed by atoms with Gasteiger partial charge in [-0.05, 0) is 31.6 Å². The standard InChI is InChI=1S/C22H44O/c1-20(2)19-21(3)17-15-13-11-9-7-5-6-8-10-12-14-16-18-22(4)23/h20-21H,5-19H2,1-4H3. The molecule has 138 valence electrons. The molecule has 0 fully saturated rings. The summed E-state index contributed by atoms with van der Waals surface area (Å²) in [5.41, 5.74) is 0. The van der Waals surface area contributed by atoms with Crippen molar-refractivity contribution in [2.75, 3.05) is 0 Å². The highest BCUT2D eigenvalue weighted by Gasteiger charge is 2.04. The fourth-order valence-electron chi connectivity index (χ4n) is 3.56. The molecule has 0 aromatic carbocycles. The van der Waals surface area contributed by atoms with Gasteiger partial charge in [-0.1, -0.05) is 97.8 Å². The predicted octanol–water partition coefficient (Wildman–Crippen LogP) is 7.72. The van der Waals surface area contributed by atoms with E-state index in [0.717, 1.165) is 24.7 Å². The van der Waals surface area contributed by atoms with Gasteiger partial charge >= 0.3 is 0 Å². The molecule has 0 radical (unpaired) electrons. The van der Waals surface area contributed by atoms with E-state index in [-0.39, 0.29) is 0 Å². The van der Waals surface area contributed by atoms with Gasteiger partial charge in [-0.25, -0.2) is 0 Å². The van der Waals surface area contributed by atoms with Crippen LogP contribution in [-0.2, 0) is 4.79 Å². The summed E-state index contributed by atoms with van der Waals surface area (Å²) in [6, 6.07) is 0. The van der Waals surface area contributed by atoms with Crippen LogP contribution in [0.4, 0.5) is 0 Å². The smallest absolute Gasteiger partial charge is 0.129 e. The van der Waals surface area contributed by atoms with Crippen LogP contribution in [0.25, 0.3) is 0 Å². The molecular weight excluding hydrogens is 280 g/mol. The number of hydrogen-bond donors (Lipinski definition) is 0. The first kappa shape index (κ1) is 22.7. The molecule has 0 bridgehead atoms. The van der Waals surface area contributed by atoms with Crippen LogP contribution in [0.1, 0.15) is 124 Å². The Balaban J connectivity index is 3.09. The average Bonchev–Trinajstić information content (AvgIpc) is 2.46. The van der Waals surface area contributed by atoms with Gasteiger partial charge in [-0.3, -0.25) is 0 Å². The lowest BCUT2D eigenvalue weighted by Crippen LogP contribution is -1.99. The van der Waals surface area contributed by atoms with Crippen LogP contribution in [0.15, 0.2) is 0 Å². The van der Waals surface area contributed by atoms with E-state index in [2.05, 4.69) is 20.8 Å². The molecule has 0 heterocycles. The van der Waals surface area contributed by atoms with Crippen LogP contribution in [0.5, 0.6) is 0 Å². The Labute approximate surface area is 147 Å². The third-order valence-corrected chi connectivity index (χ3v) is 4.85. The summed E-state index contributed by atoms with van der Waals surface area (Å²) in [6.45, 7) is 8.79. The normalized spacial score (nSPS) is 12.7. The van der Waals surface area contributed by atoms with Crippen LogP contribution in [0.3, 0.4) is 0 Å². The minimum Gasteiger partial charge on any atom is -0.300 e. The van der Waals surface area contributed by atoms with Gasteiger partial charge in [-0.2, -0.15) is 0 Å². The number of unbranched alkanes of at least 4 members (excludes halogenated alkanes) is 11. The van der Waals surface area contributed by atoms with E-state index in [9.17, 15) is 4.79 Å². The summed E-state index contributed by atoms with van der Waals surface area (Å²) in [5, 5.41) is 0. The van der Waals surface area contributed by atoms with E-state index in [0.29, 0.717) is 5.78 Å². The maximum Gasteiger partial charge on any atom is 0.129 e.